The maximum atomic E-state index is 11.7. The van der Waals surface area contributed by atoms with Crippen LogP contribution in [0.25, 0.3) is 0 Å². The minimum atomic E-state index is -1.30. The Bertz CT molecular complexity index is 489. The molecule has 1 aromatic rings. The highest BCUT2D eigenvalue weighted by Gasteiger charge is 2.40. The summed E-state index contributed by atoms with van der Waals surface area (Å²) in [5, 5.41) is 23.1. The van der Waals surface area contributed by atoms with Gasteiger partial charge in [0.2, 0.25) is 0 Å². The molecule has 1 saturated carbocycles. The van der Waals surface area contributed by atoms with Crippen molar-refractivity contribution in [1.82, 2.24) is 10.6 Å². The number of aliphatic carboxylic acids is 1. The van der Waals surface area contributed by atoms with E-state index in [1.807, 2.05) is 30.3 Å². The summed E-state index contributed by atoms with van der Waals surface area (Å²) in [6, 6.07) is 7.96. The normalized spacial score (nSPS) is 23.5. The highest BCUT2D eigenvalue weighted by molar-refractivity contribution is 5.83. The van der Waals surface area contributed by atoms with Gasteiger partial charge in [0.15, 0.2) is 6.04 Å². The number of carboxylic acid groups (broad SMARTS) is 1. The SMILES string of the molecule is CC(O)C(NC(=O)NC1CC1c1ccccc1)C(=O)O. The topological polar surface area (TPSA) is 98.7 Å². The number of hydrogen-bond acceptors (Lipinski definition) is 3. The van der Waals surface area contributed by atoms with Crippen molar-refractivity contribution in [2.24, 2.45) is 0 Å². The Morgan fingerprint density at radius 2 is 1.95 bits per heavy atom. The van der Waals surface area contributed by atoms with Crippen LogP contribution in [0.5, 0.6) is 0 Å². The van der Waals surface area contributed by atoms with Crippen molar-refractivity contribution in [3.05, 3.63) is 35.9 Å². The molecule has 2 rings (SSSR count). The third-order valence-corrected chi connectivity index (χ3v) is 3.37. The van der Waals surface area contributed by atoms with Crippen molar-refractivity contribution >= 4 is 12.0 Å². The molecule has 1 aliphatic carbocycles. The number of carbonyl (C=O) groups is 2. The Labute approximate surface area is 116 Å². The molecule has 1 aromatic carbocycles. The van der Waals surface area contributed by atoms with Crippen molar-refractivity contribution in [2.75, 3.05) is 0 Å². The fourth-order valence-electron chi connectivity index (χ4n) is 2.16. The fraction of sp³-hybridized carbons (Fsp3) is 0.429. The molecule has 1 fully saturated rings. The zero-order valence-corrected chi connectivity index (χ0v) is 11.1. The molecule has 0 saturated heterocycles. The minimum Gasteiger partial charge on any atom is -0.480 e. The number of aliphatic hydroxyl groups is 1. The summed E-state index contributed by atoms with van der Waals surface area (Å²) in [4.78, 5) is 22.6. The lowest BCUT2D eigenvalue weighted by Crippen LogP contribution is -2.51. The van der Waals surface area contributed by atoms with Gasteiger partial charge in [-0.1, -0.05) is 30.3 Å². The van der Waals surface area contributed by atoms with Crippen LogP contribution in [0.1, 0.15) is 24.8 Å². The molecule has 0 heterocycles. The van der Waals surface area contributed by atoms with Crippen LogP contribution in [0.4, 0.5) is 4.79 Å². The van der Waals surface area contributed by atoms with Crippen LogP contribution in [0.3, 0.4) is 0 Å². The molecule has 6 nitrogen and oxygen atoms in total. The summed E-state index contributed by atoms with van der Waals surface area (Å²) < 4.78 is 0. The van der Waals surface area contributed by atoms with Gasteiger partial charge in [0.1, 0.15) is 0 Å². The van der Waals surface area contributed by atoms with Crippen molar-refractivity contribution in [3.63, 3.8) is 0 Å². The van der Waals surface area contributed by atoms with E-state index >= 15 is 0 Å². The van der Waals surface area contributed by atoms with E-state index in [1.165, 1.54) is 6.92 Å². The Morgan fingerprint density at radius 1 is 1.30 bits per heavy atom. The van der Waals surface area contributed by atoms with E-state index in [-0.39, 0.29) is 12.0 Å². The number of rotatable bonds is 5. The molecule has 0 aliphatic heterocycles. The number of nitrogens with one attached hydrogen (secondary N) is 2. The number of amides is 2. The Hall–Kier alpha value is -2.08. The van der Waals surface area contributed by atoms with Gasteiger partial charge in [0, 0.05) is 12.0 Å². The predicted molar refractivity (Wildman–Crippen MR) is 72.4 cm³/mol. The van der Waals surface area contributed by atoms with Gasteiger partial charge < -0.3 is 20.8 Å². The summed E-state index contributed by atoms with van der Waals surface area (Å²) in [5.74, 6) is -0.984. The molecule has 4 N–H and O–H groups in total. The number of aliphatic hydroxyl groups excluding tert-OH is 1. The zero-order chi connectivity index (χ0) is 14.7. The first-order valence-corrected chi connectivity index (χ1v) is 6.52. The maximum Gasteiger partial charge on any atom is 0.328 e. The first-order chi connectivity index (χ1) is 9.49. The van der Waals surface area contributed by atoms with Crippen molar-refractivity contribution in [1.29, 1.82) is 0 Å². The van der Waals surface area contributed by atoms with Crippen molar-refractivity contribution < 1.29 is 19.8 Å². The summed E-state index contributed by atoms with van der Waals surface area (Å²) in [6.07, 6.45) is -0.313. The molecule has 4 unspecified atom stereocenters. The van der Waals surface area contributed by atoms with Crippen LogP contribution >= 0.6 is 0 Å². The van der Waals surface area contributed by atoms with Crippen LogP contribution in [-0.2, 0) is 4.79 Å². The summed E-state index contributed by atoms with van der Waals surface area (Å²) in [7, 11) is 0. The molecule has 4 atom stereocenters. The molecule has 6 heteroatoms. The Morgan fingerprint density at radius 3 is 2.50 bits per heavy atom. The molecule has 0 bridgehead atoms. The van der Waals surface area contributed by atoms with Crippen molar-refractivity contribution in [2.45, 2.75) is 37.5 Å². The van der Waals surface area contributed by atoms with Gasteiger partial charge in [-0.05, 0) is 18.9 Å². The first-order valence-electron chi connectivity index (χ1n) is 6.52. The van der Waals surface area contributed by atoms with Crippen LogP contribution < -0.4 is 10.6 Å². The third-order valence-electron chi connectivity index (χ3n) is 3.37. The van der Waals surface area contributed by atoms with Gasteiger partial charge in [0.05, 0.1) is 6.10 Å². The summed E-state index contributed by atoms with van der Waals surface area (Å²) in [5.41, 5.74) is 1.16. The highest BCUT2D eigenvalue weighted by atomic mass is 16.4. The molecule has 20 heavy (non-hydrogen) atoms. The molecular formula is C14H18N2O4. The van der Waals surface area contributed by atoms with Gasteiger partial charge >= 0.3 is 12.0 Å². The quantitative estimate of drug-likeness (QED) is 0.636. The van der Waals surface area contributed by atoms with E-state index in [0.29, 0.717) is 0 Å². The summed E-state index contributed by atoms with van der Waals surface area (Å²) in [6.45, 7) is 1.32. The van der Waals surface area contributed by atoms with Crippen molar-refractivity contribution in [3.8, 4) is 0 Å². The minimum absolute atomic E-state index is 0.0147. The van der Waals surface area contributed by atoms with Crippen LogP contribution in [0, 0.1) is 0 Å². The number of hydrogen-bond donors (Lipinski definition) is 4. The molecule has 0 radical (unpaired) electrons. The lowest BCUT2D eigenvalue weighted by Gasteiger charge is -2.17. The number of benzene rings is 1. The average molecular weight is 278 g/mol. The molecule has 108 valence electrons. The predicted octanol–water partition coefficient (Wildman–Crippen LogP) is 0.676. The van der Waals surface area contributed by atoms with Crippen LogP contribution in [-0.4, -0.2) is 40.4 Å². The number of urea groups is 1. The van der Waals surface area contributed by atoms with Crippen LogP contribution in [0.2, 0.25) is 0 Å². The van der Waals surface area contributed by atoms with Gasteiger partial charge in [-0.3, -0.25) is 0 Å². The van der Waals surface area contributed by atoms with E-state index in [0.717, 1.165) is 12.0 Å². The molecule has 0 aromatic heterocycles. The maximum absolute atomic E-state index is 11.7. The highest BCUT2D eigenvalue weighted by Crippen LogP contribution is 2.40. The van der Waals surface area contributed by atoms with Crippen LogP contribution in [0.15, 0.2) is 30.3 Å². The van der Waals surface area contributed by atoms with E-state index in [2.05, 4.69) is 10.6 Å². The molecule has 2 amide bonds. The van der Waals surface area contributed by atoms with E-state index in [1.54, 1.807) is 0 Å². The molecular weight excluding hydrogens is 260 g/mol. The second-order valence-electron chi connectivity index (χ2n) is 5.03. The average Bonchev–Trinajstić information content (AvgIpc) is 3.15. The third kappa shape index (κ3) is 3.48. The molecule has 1 aliphatic rings. The van der Waals surface area contributed by atoms with Gasteiger partial charge in [-0.2, -0.15) is 0 Å². The standard InChI is InChI=1S/C14H18N2O4/c1-8(17)12(13(18)19)16-14(20)15-11-7-10(11)9-5-3-2-4-6-9/h2-6,8,10-12,17H,7H2,1H3,(H,18,19)(H2,15,16,20). The smallest absolute Gasteiger partial charge is 0.328 e. The van der Waals surface area contributed by atoms with Gasteiger partial charge in [-0.25, -0.2) is 9.59 Å². The van der Waals surface area contributed by atoms with Gasteiger partial charge in [0.25, 0.3) is 0 Å². The number of carbonyl (C=O) groups excluding carboxylic acids is 1. The lowest BCUT2D eigenvalue weighted by molar-refractivity contribution is -0.141. The van der Waals surface area contributed by atoms with Gasteiger partial charge in [-0.15, -0.1) is 0 Å². The Balaban J connectivity index is 1.83. The first kappa shape index (κ1) is 14.3. The molecule has 0 spiro atoms. The number of carboxylic acids is 1. The van der Waals surface area contributed by atoms with E-state index in [9.17, 15) is 14.7 Å². The summed E-state index contributed by atoms with van der Waals surface area (Å²) >= 11 is 0. The second kappa shape index (κ2) is 5.92. The lowest BCUT2D eigenvalue weighted by atomic mass is 10.1. The Kier molecular flexibility index (Phi) is 4.24. The van der Waals surface area contributed by atoms with E-state index < -0.39 is 24.1 Å². The monoisotopic (exact) mass is 278 g/mol. The van der Waals surface area contributed by atoms with E-state index in [4.69, 9.17) is 5.11 Å². The fourth-order valence-corrected chi connectivity index (χ4v) is 2.16. The second-order valence-corrected chi connectivity index (χ2v) is 5.03. The zero-order valence-electron chi connectivity index (χ0n) is 11.1. The largest absolute Gasteiger partial charge is 0.480 e.